The molecule has 0 spiro atoms. The van der Waals surface area contributed by atoms with Gasteiger partial charge in [0.1, 0.15) is 23.4 Å². The molecule has 1 aliphatic heterocycles. The van der Waals surface area contributed by atoms with Gasteiger partial charge in [0.25, 0.3) is 5.91 Å². The fourth-order valence-electron chi connectivity index (χ4n) is 3.59. The van der Waals surface area contributed by atoms with Crippen molar-refractivity contribution in [1.82, 2.24) is 0 Å². The van der Waals surface area contributed by atoms with Crippen molar-refractivity contribution in [2.75, 3.05) is 29.3 Å². The molecule has 174 valence electrons. The number of fused-ring (bicyclic) bond motifs is 1. The van der Waals surface area contributed by atoms with Crippen LogP contribution >= 0.6 is 0 Å². The van der Waals surface area contributed by atoms with Gasteiger partial charge in [-0.1, -0.05) is 12.1 Å². The van der Waals surface area contributed by atoms with Crippen LogP contribution in [0.25, 0.3) is 0 Å². The van der Waals surface area contributed by atoms with Crippen molar-refractivity contribution in [2.24, 2.45) is 0 Å². The minimum atomic E-state index is -1.09. The lowest BCUT2D eigenvalue weighted by molar-refractivity contribution is -0.127. The molecule has 34 heavy (non-hydrogen) atoms. The number of carbonyl (C=O) groups is 3. The summed E-state index contributed by atoms with van der Waals surface area (Å²) in [6, 6.07) is 17.7. The van der Waals surface area contributed by atoms with Crippen molar-refractivity contribution in [2.45, 2.75) is 12.5 Å². The Morgan fingerprint density at radius 2 is 1.68 bits per heavy atom. The molecule has 1 aliphatic rings. The van der Waals surface area contributed by atoms with Gasteiger partial charge in [0.05, 0.1) is 24.9 Å². The quantitative estimate of drug-likeness (QED) is 0.558. The molecule has 3 amide bonds. The predicted molar refractivity (Wildman–Crippen MR) is 124 cm³/mol. The summed E-state index contributed by atoms with van der Waals surface area (Å²) < 4.78 is 23.7. The molecule has 1 atom stereocenters. The molecule has 3 aromatic rings. The normalized spacial score (nSPS) is 14.6. The summed E-state index contributed by atoms with van der Waals surface area (Å²) in [6.45, 7) is -0.399. The Morgan fingerprint density at radius 3 is 2.38 bits per heavy atom. The van der Waals surface area contributed by atoms with E-state index in [2.05, 4.69) is 10.6 Å². The topological polar surface area (TPSA) is 97.0 Å². The summed E-state index contributed by atoms with van der Waals surface area (Å²) in [7, 11) is 1.54. The SMILES string of the molecule is COc1ccc(NC(=O)CC2C(=O)Nc3ccccc3N2C(=O)COc2ccc(F)cc2)cc1. The summed E-state index contributed by atoms with van der Waals surface area (Å²) in [5.74, 6) is -0.935. The van der Waals surface area contributed by atoms with Gasteiger partial charge in [0.15, 0.2) is 6.61 Å². The number of ether oxygens (including phenoxy) is 2. The highest BCUT2D eigenvalue weighted by molar-refractivity contribution is 6.14. The number of hydrogen-bond donors (Lipinski definition) is 2. The Labute approximate surface area is 195 Å². The molecule has 0 aliphatic carbocycles. The number of benzene rings is 3. The number of halogens is 1. The van der Waals surface area contributed by atoms with Gasteiger partial charge in [-0.05, 0) is 60.7 Å². The molecular formula is C25H22FN3O5. The number of hydrogen-bond acceptors (Lipinski definition) is 5. The minimum absolute atomic E-state index is 0.269. The first kappa shape index (κ1) is 22.8. The fraction of sp³-hybridized carbons (Fsp3) is 0.160. The molecule has 8 nitrogen and oxygen atoms in total. The number of anilines is 3. The van der Waals surface area contributed by atoms with Crippen LogP contribution in [0.4, 0.5) is 21.5 Å². The van der Waals surface area contributed by atoms with Gasteiger partial charge in [-0.15, -0.1) is 0 Å². The molecule has 4 rings (SSSR count). The van der Waals surface area contributed by atoms with Crippen molar-refractivity contribution in [3.8, 4) is 11.5 Å². The lowest BCUT2D eigenvalue weighted by atomic mass is 10.0. The average Bonchev–Trinajstić information content (AvgIpc) is 2.84. The number of methoxy groups -OCH3 is 1. The van der Waals surface area contributed by atoms with E-state index in [1.165, 1.54) is 29.2 Å². The molecule has 0 aromatic heterocycles. The number of para-hydroxylation sites is 2. The summed E-state index contributed by atoms with van der Waals surface area (Å²) in [5.41, 5.74) is 1.44. The van der Waals surface area contributed by atoms with E-state index in [-0.39, 0.29) is 6.42 Å². The standard InChI is InChI=1S/C25H22FN3O5/c1-33-18-12-8-17(9-13-18)27-23(30)14-22-25(32)28-20-4-2-3-5-21(20)29(22)24(31)15-34-19-10-6-16(26)7-11-19/h2-13,22H,14-15H2,1H3,(H,27,30)(H,28,32). The highest BCUT2D eigenvalue weighted by Crippen LogP contribution is 2.33. The molecule has 0 saturated heterocycles. The van der Waals surface area contributed by atoms with Crippen LogP contribution in [-0.4, -0.2) is 37.5 Å². The molecule has 1 unspecified atom stereocenters. The van der Waals surface area contributed by atoms with E-state index in [0.29, 0.717) is 28.6 Å². The summed E-state index contributed by atoms with van der Waals surface area (Å²) >= 11 is 0. The van der Waals surface area contributed by atoms with Gasteiger partial charge < -0.3 is 20.1 Å². The molecule has 0 bridgehead atoms. The first-order valence-electron chi connectivity index (χ1n) is 10.5. The van der Waals surface area contributed by atoms with E-state index < -0.39 is 36.2 Å². The van der Waals surface area contributed by atoms with Crippen LogP contribution < -0.4 is 25.0 Å². The Hall–Kier alpha value is -4.40. The molecular weight excluding hydrogens is 441 g/mol. The van der Waals surface area contributed by atoms with Crippen molar-refractivity contribution in [1.29, 1.82) is 0 Å². The molecule has 3 aromatic carbocycles. The maximum absolute atomic E-state index is 13.2. The number of rotatable bonds is 7. The second kappa shape index (κ2) is 10.0. The zero-order valence-corrected chi connectivity index (χ0v) is 18.3. The summed E-state index contributed by atoms with van der Waals surface area (Å²) in [4.78, 5) is 40.1. The van der Waals surface area contributed by atoms with Gasteiger partial charge in [0.2, 0.25) is 11.8 Å². The van der Waals surface area contributed by atoms with Crippen LogP contribution in [0, 0.1) is 5.82 Å². The van der Waals surface area contributed by atoms with Crippen molar-refractivity contribution in [3.05, 3.63) is 78.6 Å². The first-order chi connectivity index (χ1) is 16.4. The largest absolute Gasteiger partial charge is 0.497 e. The second-order valence-corrected chi connectivity index (χ2v) is 7.51. The third-order valence-corrected chi connectivity index (χ3v) is 5.23. The Balaban J connectivity index is 1.52. The van der Waals surface area contributed by atoms with Crippen LogP contribution in [0.3, 0.4) is 0 Å². The van der Waals surface area contributed by atoms with E-state index in [1.807, 2.05) is 0 Å². The van der Waals surface area contributed by atoms with Crippen LogP contribution in [0.5, 0.6) is 11.5 Å². The molecule has 1 heterocycles. The van der Waals surface area contributed by atoms with Crippen molar-refractivity contribution >= 4 is 34.8 Å². The Kier molecular flexibility index (Phi) is 6.72. The third kappa shape index (κ3) is 5.15. The number of carbonyl (C=O) groups excluding carboxylic acids is 3. The number of nitrogens with zero attached hydrogens (tertiary/aromatic N) is 1. The maximum Gasteiger partial charge on any atom is 0.265 e. The lowest BCUT2D eigenvalue weighted by Crippen LogP contribution is -2.53. The van der Waals surface area contributed by atoms with E-state index in [4.69, 9.17) is 9.47 Å². The Morgan fingerprint density at radius 1 is 1.00 bits per heavy atom. The third-order valence-electron chi connectivity index (χ3n) is 5.23. The van der Waals surface area contributed by atoms with Gasteiger partial charge in [0, 0.05) is 5.69 Å². The smallest absolute Gasteiger partial charge is 0.265 e. The predicted octanol–water partition coefficient (Wildman–Crippen LogP) is 3.60. The van der Waals surface area contributed by atoms with Gasteiger partial charge in [-0.25, -0.2) is 4.39 Å². The second-order valence-electron chi connectivity index (χ2n) is 7.51. The zero-order valence-electron chi connectivity index (χ0n) is 18.3. The van der Waals surface area contributed by atoms with E-state index in [1.54, 1.807) is 55.6 Å². The van der Waals surface area contributed by atoms with E-state index in [0.717, 1.165) is 0 Å². The van der Waals surface area contributed by atoms with Crippen LogP contribution in [0.1, 0.15) is 6.42 Å². The van der Waals surface area contributed by atoms with Crippen molar-refractivity contribution in [3.63, 3.8) is 0 Å². The molecule has 2 N–H and O–H groups in total. The first-order valence-corrected chi connectivity index (χ1v) is 10.5. The fourth-order valence-corrected chi connectivity index (χ4v) is 3.59. The highest BCUT2D eigenvalue weighted by Gasteiger charge is 2.38. The van der Waals surface area contributed by atoms with Crippen LogP contribution in [-0.2, 0) is 14.4 Å². The maximum atomic E-state index is 13.2. The van der Waals surface area contributed by atoms with Crippen LogP contribution in [0.15, 0.2) is 72.8 Å². The zero-order chi connectivity index (χ0) is 24.1. The average molecular weight is 463 g/mol. The molecule has 0 saturated carbocycles. The summed E-state index contributed by atoms with van der Waals surface area (Å²) in [6.07, 6.45) is -0.269. The van der Waals surface area contributed by atoms with Crippen LogP contribution in [0.2, 0.25) is 0 Å². The summed E-state index contributed by atoms with van der Waals surface area (Å²) in [5, 5.41) is 5.48. The monoisotopic (exact) mass is 463 g/mol. The van der Waals surface area contributed by atoms with Crippen molar-refractivity contribution < 1.29 is 28.2 Å². The molecule has 9 heteroatoms. The van der Waals surface area contributed by atoms with Gasteiger partial charge in [-0.3, -0.25) is 19.3 Å². The van der Waals surface area contributed by atoms with Gasteiger partial charge >= 0.3 is 0 Å². The number of nitrogens with one attached hydrogen (secondary N) is 2. The van der Waals surface area contributed by atoms with Gasteiger partial charge in [-0.2, -0.15) is 0 Å². The van der Waals surface area contributed by atoms with E-state index in [9.17, 15) is 18.8 Å². The minimum Gasteiger partial charge on any atom is -0.497 e. The highest BCUT2D eigenvalue weighted by atomic mass is 19.1. The number of amides is 3. The van der Waals surface area contributed by atoms with E-state index >= 15 is 0 Å². The molecule has 0 fully saturated rings. The lowest BCUT2D eigenvalue weighted by Gasteiger charge is -2.36. The Bertz CT molecular complexity index is 1200. The molecule has 0 radical (unpaired) electrons.